The molecule has 0 aliphatic rings. The van der Waals surface area contributed by atoms with Crippen LogP contribution in [0.25, 0.3) is 0 Å². The Kier molecular flexibility index (Phi) is 6.11. The molecule has 0 bridgehead atoms. The van der Waals surface area contributed by atoms with Gasteiger partial charge in [-0.2, -0.15) is 0 Å². The number of aromatic nitrogens is 2. The van der Waals surface area contributed by atoms with Crippen LogP contribution in [0.1, 0.15) is 28.7 Å². The van der Waals surface area contributed by atoms with E-state index in [1.54, 1.807) is 38.1 Å². The molecule has 3 rings (SSSR count). The van der Waals surface area contributed by atoms with E-state index in [0.717, 1.165) is 11.3 Å². The van der Waals surface area contributed by atoms with E-state index in [4.69, 9.17) is 16.3 Å². The largest absolute Gasteiger partial charge is 0.462 e. The third-order valence-electron chi connectivity index (χ3n) is 4.05. The highest BCUT2D eigenvalue weighted by Gasteiger charge is 2.13. The van der Waals surface area contributed by atoms with Gasteiger partial charge in [-0.25, -0.2) is 14.8 Å². The number of nitrogens with zero attached hydrogens (tertiary/aromatic N) is 2. The van der Waals surface area contributed by atoms with Gasteiger partial charge < -0.3 is 15.4 Å². The van der Waals surface area contributed by atoms with Gasteiger partial charge in [-0.1, -0.05) is 29.8 Å². The third-order valence-corrected chi connectivity index (χ3v) is 4.46. The first-order chi connectivity index (χ1) is 13.5. The fourth-order valence-electron chi connectivity index (χ4n) is 2.69. The van der Waals surface area contributed by atoms with Gasteiger partial charge in [-0.15, -0.1) is 0 Å². The molecule has 0 fully saturated rings. The van der Waals surface area contributed by atoms with Crippen LogP contribution in [0.4, 0.5) is 23.0 Å². The molecule has 0 atom stereocenters. The molecule has 0 unspecified atom stereocenters. The SMILES string of the molecule is CCOC(=O)c1ccccc1Nc1cc(Nc2cccc(Cl)c2C)nc(C)n1. The zero-order valence-electron chi connectivity index (χ0n) is 15.9. The number of esters is 1. The number of hydrogen-bond acceptors (Lipinski definition) is 6. The quantitative estimate of drug-likeness (QED) is 0.542. The molecule has 144 valence electrons. The molecule has 7 heteroatoms. The fraction of sp³-hybridized carbons (Fsp3) is 0.190. The average molecular weight is 397 g/mol. The molecule has 0 amide bonds. The minimum absolute atomic E-state index is 0.312. The van der Waals surface area contributed by atoms with E-state index in [2.05, 4.69) is 20.6 Å². The number of benzene rings is 2. The fourth-order valence-corrected chi connectivity index (χ4v) is 2.87. The minimum Gasteiger partial charge on any atom is -0.462 e. The zero-order chi connectivity index (χ0) is 20.1. The van der Waals surface area contributed by atoms with Crippen LogP contribution in [0.15, 0.2) is 48.5 Å². The maximum atomic E-state index is 12.2. The molecule has 0 aliphatic heterocycles. The normalized spacial score (nSPS) is 10.4. The highest BCUT2D eigenvalue weighted by Crippen LogP contribution is 2.27. The van der Waals surface area contributed by atoms with Crippen molar-refractivity contribution in [2.75, 3.05) is 17.2 Å². The predicted molar refractivity (Wildman–Crippen MR) is 112 cm³/mol. The van der Waals surface area contributed by atoms with Gasteiger partial charge >= 0.3 is 5.97 Å². The molecule has 3 aromatic rings. The Balaban J connectivity index is 1.89. The summed E-state index contributed by atoms with van der Waals surface area (Å²) in [6.45, 7) is 5.83. The monoisotopic (exact) mass is 396 g/mol. The van der Waals surface area contributed by atoms with Crippen LogP contribution < -0.4 is 10.6 Å². The second-order valence-corrected chi connectivity index (χ2v) is 6.52. The smallest absolute Gasteiger partial charge is 0.340 e. The lowest BCUT2D eigenvalue weighted by Crippen LogP contribution is -2.09. The van der Waals surface area contributed by atoms with Crippen LogP contribution >= 0.6 is 11.6 Å². The average Bonchev–Trinajstić information content (AvgIpc) is 2.66. The Labute approximate surface area is 168 Å². The standard InChI is InChI=1S/C21H21ClN4O2/c1-4-28-21(27)15-8-5-6-10-18(15)26-20-12-19(23-14(3)24-20)25-17-11-7-9-16(22)13(17)2/h5-12H,4H2,1-3H3,(H2,23,24,25,26). The van der Waals surface area contributed by atoms with E-state index in [1.807, 2.05) is 31.2 Å². The molecule has 28 heavy (non-hydrogen) atoms. The third kappa shape index (κ3) is 4.58. The number of aryl methyl sites for hydroxylation is 1. The van der Waals surface area contributed by atoms with E-state index in [0.29, 0.717) is 40.3 Å². The Morgan fingerprint density at radius 2 is 1.64 bits per heavy atom. The maximum Gasteiger partial charge on any atom is 0.340 e. The van der Waals surface area contributed by atoms with Gasteiger partial charge in [-0.3, -0.25) is 0 Å². The number of carbonyl (C=O) groups excluding carboxylic acids is 1. The molecule has 2 aromatic carbocycles. The van der Waals surface area contributed by atoms with Crippen molar-refractivity contribution in [2.24, 2.45) is 0 Å². The maximum absolute atomic E-state index is 12.2. The van der Waals surface area contributed by atoms with Crippen LogP contribution in [0.3, 0.4) is 0 Å². The minimum atomic E-state index is -0.385. The van der Waals surface area contributed by atoms with Crippen LogP contribution in [0, 0.1) is 13.8 Å². The van der Waals surface area contributed by atoms with E-state index < -0.39 is 0 Å². The van der Waals surface area contributed by atoms with Crippen LogP contribution in [0.2, 0.25) is 5.02 Å². The Morgan fingerprint density at radius 3 is 2.36 bits per heavy atom. The number of rotatable bonds is 6. The molecule has 0 saturated carbocycles. The highest BCUT2D eigenvalue weighted by atomic mass is 35.5. The van der Waals surface area contributed by atoms with E-state index in [9.17, 15) is 4.79 Å². The van der Waals surface area contributed by atoms with E-state index in [1.165, 1.54) is 0 Å². The molecule has 1 aromatic heterocycles. The lowest BCUT2D eigenvalue weighted by Gasteiger charge is -2.14. The van der Waals surface area contributed by atoms with Crippen molar-refractivity contribution in [3.8, 4) is 0 Å². The number of halogens is 1. The summed E-state index contributed by atoms with van der Waals surface area (Å²) in [6, 6.07) is 14.6. The summed E-state index contributed by atoms with van der Waals surface area (Å²) >= 11 is 6.19. The predicted octanol–water partition coefficient (Wildman–Crippen LogP) is 5.41. The number of carbonyl (C=O) groups is 1. The second-order valence-electron chi connectivity index (χ2n) is 6.11. The molecule has 2 N–H and O–H groups in total. The van der Waals surface area contributed by atoms with Crippen molar-refractivity contribution >= 4 is 40.6 Å². The summed E-state index contributed by atoms with van der Waals surface area (Å²) in [6.07, 6.45) is 0. The van der Waals surface area contributed by atoms with Crippen LogP contribution in [-0.4, -0.2) is 22.5 Å². The summed E-state index contributed by atoms with van der Waals surface area (Å²) in [7, 11) is 0. The molecule has 0 saturated heterocycles. The molecule has 6 nitrogen and oxygen atoms in total. The van der Waals surface area contributed by atoms with Crippen molar-refractivity contribution in [1.82, 2.24) is 9.97 Å². The number of para-hydroxylation sites is 1. The number of nitrogens with one attached hydrogen (secondary N) is 2. The Morgan fingerprint density at radius 1 is 1.00 bits per heavy atom. The first-order valence-corrected chi connectivity index (χ1v) is 9.26. The summed E-state index contributed by atoms with van der Waals surface area (Å²) in [5, 5.41) is 7.14. The van der Waals surface area contributed by atoms with Crippen molar-refractivity contribution in [3.05, 3.63) is 70.5 Å². The van der Waals surface area contributed by atoms with Gasteiger partial charge in [0.05, 0.1) is 17.9 Å². The highest BCUT2D eigenvalue weighted by molar-refractivity contribution is 6.31. The van der Waals surface area contributed by atoms with Gasteiger partial charge in [0, 0.05) is 16.8 Å². The lowest BCUT2D eigenvalue weighted by molar-refractivity contribution is 0.0527. The second kappa shape index (κ2) is 8.71. The van der Waals surface area contributed by atoms with Gasteiger partial charge in [0.25, 0.3) is 0 Å². The topological polar surface area (TPSA) is 76.1 Å². The van der Waals surface area contributed by atoms with Crippen molar-refractivity contribution in [1.29, 1.82) is 0 Å². The van der Waals surface area contributed by atoms with Crippen LogP contribution in [-0.2, 0) is 4.74 Å². The summed E-state index contributed by atoms with van der Waals surface area (Å²) in [5.74, 6) is 1.38. The van der Waals surface area contributed by atoms with Gasteiger partial charge in [0.1, 0.15) is 17.5 Å². The number of hydrogen-bond donors (Lipinski definition) is 2. The first-order valence-electron chi connectivity index (χ1n) is 8.89. The molecule has 1 heterocycles. The summed E-state index contributed by atoms with van der Waals surface area (Å²) < 4.78 is 5.12. The molecule has 0 radical (unpaired) electrons. The molecular weight excluding hydrogens is 376 g/mol. The molecule has 0 aliphatic carbocycles. The Hall–Kier alpha value is -3.12. The van der Waals surface area contributed by atoms with E-state index in [-0.39, 0.29) is 5.97 Å². The van der Waals surface area contributed by atoms with Crippen molar-refractivity contribution in [3.63, 3.8) is 0 Å². The number of anilines is 4. The molecular formula is C21H21ClN4O2. The Bertz CT molecular complexity index is 1010. The van der Waals surface area contributed by atoms with E-state index >= 15 is 0 Å². The molecule has 0 spiro atoms. The van der Waals surface area contributed by atoms with Crippen molar-refractivity contribution in [2.45, 2.75) is 20.8 Å². The van der Waals surface area contributed by atoms with Gasteiger partial charge in [0.15, 0.2) is 0 Å². The first kappa shape index (κ1) is 19.6. The summed E-state index contributed by atoms with van der Waals surface area (Å²) in [5.41, 5.74) is 2.86. The van der Waals surface area contributed by atoms with Crippen molar-refractivity contribution < 1.29 is 9.53 Å². The zero-order valence-corrected chi connectivity index (χ0v) is 16.7. The summed E-state index contributed by atoms with van der Waals surface area (Å²) in [4.78, 5) is 21.0. The lowest BCUT2D eigenvalue weighted by atomic mass is 10.2. The number of ether oxygens (including phenoxy) is 1. The van der Waals surface area contributed by atoms with Gasteiger partial charge in [-0.05, 0) is 50.6 Å². The van der Waals surface area contributed by atoms with Crippen LogP contribution in [0.5, 0.6) is 0 Å². The van der Waals surface area contributed by atoms with Gasteiger partial charge in [0.2, 0.25) is 0 Å².